The largest absolute Gasteiger partial charge is 0.507 e. The molecule has 5 rings (SSSR count). The molecular formula is C36H42O6. The van der Waals surface area contributed by atoms with E-state index in [1.54, 1.807) is 13.8 Å². The highest BCUT2D eigenvalue weighted by molar-refractivity contribution is 6.33. The van der Waals surface area contributed by atoms with Crippen molar-refractivity contribution in [3.05, 3.63) is 63.7 Å². The zero-order chi connectivity index (χ0) is 31.3. The first-order valence-corrected chi connectivity index (χ1v) is 15.0. The maximum atomic E-state index is 14.6. The van der Waals surface area contributed by atoms with Gasteiger partial charge in [0, 0.05) is 11.0 Å². The number of carbonyl (C=O) groups excluding carboxylic acids is 4. The highest BCUT2D eigenvalue weighted by atomic mass is 16.3. The van der Waals surface area contributed by atoms with E-state index in [4.69, 9.17) is 0 Å². The number of hydrogen-bond acceptors (Lipinski definition) is 6. The van der Waals surface area contributed by atoms with Crippen LogP contribution in [0.25, 0.3) is 11.1 Å². The van der Waals surface area contributed by atoms with Crippen molar-refractivity contribution in [2.75, 3.05) is 0 Å². The fourth-order valence-electron chi connectivity index (χ4n) is 9.13. The number of hydrogen-bond donors (Lipinski definition) is 2. The number of aliphatic hydroxyl groups is 1. The lowest BCUT2D eigenvalue weighted by Gasteiger charge is -2.62. The number of rotatable bonds is 4. The lowest BCUT2D eigenvalue weighted by atomic mass is 9.40. The molecular weight excluding hydrogens is 528 g/mol. The second kappa shape index (κ2) is 9.57. The maximum absolute atomic E-state index is 14.6. The summed E-state index contributed by atoms with van der Waals surface area (Å²) >= 11 is 0. The van der Waals surface area contributed by atoms with Gasteiger partial charge in [-0.2, -0.15) is 0 Å². The van der Waals surface area contributed by atoms with Crippen molar-refractivity contribution in [2.45, 2.75) is 86.7 Å². The van der Waals surface area contributed by atoms with Crippen LogP contribution in [0.3, 0.4) is 0 Å². The van der Waals surface area contributed by atoms with Crippen molar-refractivity contribution in [3.63, 3.8) is 0 Å². The van der Waals surface area contributed by atoms with E-state index in [1.807, 2.05) is 71.9 Å². The Morgan fingerprint density at radius 1 is 1.02 bits per heavy atom. The second-order valence-electron chi connectivity index (χ2n) is 14.2. The minimum absolute atomic E-state index is 0.0330. The Hall–Kier alpha value is -3.38. The number of aryl methyl sites for hydroxylation is 1. The number of fused-ring (bicyclic) bond motifs is 3. The molecule has 0 heterocycles. The summed E-state index contributed by atoms with van der Waals surface area (Å²) in [4.78, 5) is 55.9. The van der Waals surface area contributed by atoms with E-state index in [2.05, 4.69) is 0 Å². The molecule has 0 spiro atoms. The predicted octanol–water partition coefficient (Wildman–Crippen LogP) is 6.32. The fraction of sp³-hybridized carbons (Fsp3) is 0.500. The predicted molar refractivity (Wildman–Crippen MR) is 161 cm³/mol. The smallest absolute Gasteiger partial charge is 0.206 e. The quantitative estimate of drug-likeness (QED) is 0.329. The molecule has 1 fully saturated rings. The standard InChI is InChI=1S/C36H42O6/c1-17(2)23-14-24(22-12-10-11-19(5)13-22)30(38)27-25(23)15-34(8)16-35(9)28(18(3)4)20(6)26(21(7)37)32(40)36(35,42)33(41)29(34)31(27)39/h10-14,17-18,28-29,38,42H,15-16H2,1-9H3/t28-,29?,34+,35+,36-/m1/s1. The summed E-state index contributed by atoms with van der Waals surface area (Å²) in [6.45, 7) is 16.7. The molecule has 1 saturated carbocycles. The molecule has 0 bridgehead atoms. The monoisotopic (exact) mass is 570 g/mol. The van der Waals surface area contributed by atoms with Gasteiger partial charge in [-0.15, -0.1) is 0 Å². The minimum atomic E-state index is -2.54. The van der Waals surface area contributed by atoms with E-state index in [1.165, 1.54) is 6.92 Å². The SMILES string of the molecule is CC(=O)C1=C(C)[C@@H](C(C)C)[C@]2(C)C[C@]3(C)Cc4c(C(C)C)cc(-c5cccc(C)c5)c(O)c4C(=O)C3C(=O)[C@]2(O)C1=O. The fourth-order valence-corrected chi connectivity index (χ4v) is 9.13. The number of phenolic OH excluding ortho intramolecular Hbond substituents is 1. The van der Waals surface area contributed by atoms with Crippen LogP contribution in [0.2, 0.25) is 0 Å². The van der Waals surface area contributed by atoms with Gasteiger partial charge in [-0.3, -0.25) is 19.2 Å². The third-order valence-electron chi connectivity index (χ3n) is 10.5. The van der Waals surface area contributed by atoms with Crippen LogP contribution in [-0.4, -0.2) is 38.9 Å². The number of carbonyl (C=O) groups is 4. The van der Waals surface area contributed by atoms with Crippen molar-refractivity contribution < 1.29 is 29.4 Å². The third-order valence-corrected chi connectivity index (χ3v) is 10.5. The summed E-state index contributed by atoms with van der Waals surface area (Å²) < 4.78 is 0. The zero-order valence-corrected chi connectivity index (χ0v) is 26.1. The van der Waals surface area contributed by atoms with Gasteiger partial charge in [0.15, 0.2) is 23.0 Å². The van der Waals surface area contributed by atoms with Crippen molar-refractivity contribution in [1.29, 1.82) is 0 Å². The number of phenols is 1. The van der Waals surface area contributed by atoms with Crippen LogP contribution in [0.5, 0.6) is 5.75 Å². The molecule has 2 aromatic rings. The third kappa shape index (κ3) is 3.80. The molecule has 42 heavy (non-hydrogen) atoms. The highest BCUT2D eigenvalue weighted by Crippen LogP contribution is 2.65. The number of allylic oxidation sites excluding steroid dienone is 1. The van der Waals surface area contributed by atoms with Crippen LogP contribution in [-0.2, 0) is 20.8 Å². The molecule has 0 saturated heterocycles. The normalized spacial score (nSPS) is 30.9. The lowest BCUT2D eigenvalue weighted by molar-refractivity contribution is -0.192. The Balaban J connectivity index is 1.78. The summed E-state index contributed by atoms with van der Waals surface area (Å²) in [6.07, 6.45) is 0.569. The van der Waals surface area contributed by atoms with Gasteiger partial charge in [-0.1, -0.05) is 76.9 Å². The van der Waals surface area contributed by atoms with E-state index in [0.717, 1.165) is 22.3 Å². The molecule has 0 aromatic heterocycles. The van der Waals surface area contributed by atoms with Crippen LogP contribution < -0.4 is 0 Å². The summed E-state index contributed by atoms with van der Waals surface area (Å²) in [5.74, 6) is -4.85. The average molecular weight is 571 g/mol. The molecule has 2 N–H and O–H groups in total. The van der Waals surface area contributed by atoms with Crippen molar-refractivity contribution in [3.8, 4) is 16.9 Å². The number of ketones is 4. The summed E-state index contributed by atoms with van der Waals surface area (Å²) in [6, 6.07) is 9.61. The number of benzene rings is 2. The van der Waals surface area contributed by atoms with Gasteiger partial charge in [0.05, 0.1) is 17.1 Å². The molecule has 6 nitrogen and oxygen atoms in total. The van der Waals surface area contributed by atoms with Crippen molar-refractivity contribution in [1.82, 2.24) is 0 Å². The lowest BCUT2D eigenvalue weighted by Crippen LogP contribution is -2.73. The van der Waals surface area contributed by atoms with Gasteiger partial charge in [-0.05, 0) is 79.5 Å². The number of Topliss-reactive ketones (excluding diaryl/α,β-unsaturated/α-hetero) is 4. The summed E-state index contributed by atoms with van der Waals surface area (Å²) in [5.41, 5.74) is -0.203. The molecule has 1 unspecified atom stereocenters. The Kier molecular flexibility index (Phi) is 6.85. The van der Waals surface area contributed by atoms with E-state index in [0.29, 0.717) is 17.6 Å². The van der Waals surface area contributed by atoms with Crippen molar-refractivity contribution >= 4 is 23.1 Å². The van der Waals surface area contributed by atoms with Crippen molar-refractivity contribution in [2.24, 2.45) is 28.6 Å². The Labute approximate surface area is 248 Å². The van der Waals surface area contributed by atoms with E-state index < -0.39 is 51.4 Å². The maximum Gasteiger partial charge on any atom is 0.206 e. The van der Waals surface area contributed by atoms with Crippen LogP contribution in [0.4, 0.5) is 0 Å². The van der Waals surface area contributed by atoms with Gasteiger partial charge >= 0.3 is 0 Å². The average Bonchev–Trinajstić information content (AvgIpc) is 2.85. The Bertz CT molecular complexity index is 1610. The summed E-state index contributed by atoms with van der Waals surface area (Å²) in [7, 11) is 0. The van der Waals surface area contributed by atoms with E-state index in [-0.39, 0.29) is 35.1 Å². The molecule has 3 aliphatic rings. The van der Waals surface area contributed by atoms with Crippen LogP contribution in [0.15, 0.2) is 41.5 Å². The Morgan fingerprint density at radius 2 is 1.67 bits per heavy atom. The van der Waals surface area contributed by atoms with Gasteiger partial charge in [0.1, 0.15) is 5.75 Å². The molecule has 222 valence electrons. The van der Waals surface area contributed by atoms with Crippen LogP contribution >= 0.6 is 0 Å². The highest BCUT2D eigenvalue weighted by Gasteiger charge is 2.73. The van der Waals surface area contributed by atoms with Crippen LogP contribution in [0.1, 0.15) is 94.8 Å². The van der Waals surface area contributed by atoms with E-state index >= 15 is 0 Å². The number of aromatic hydroxyl groups is 1. The van der Waals surface area contributed by atoms with Gasteiger partial charge in [0.2, 0.25) is 5.78 Å². The first-order valence-electron chi connectivity index (χ1n) is 15.0. The Morgan fingerprint density at radius 3 is 2.21 bits per heavy atom. The molecule has 0 radical (unpaired) electrons. The minimum Gasteiger partial charge on any atom is -0.507 e. The topological polar surface area (TPSA) is 109 Å². The zero-order valence-electron chi connectivity index (χ0n) is 26.1. The molecule has 0 amide bonds. The molecule has 6 heteroatoms. The summed E-state index contributed by atoms with van der Waals surface area (Å²) in [5, 5.41) is 24.0. The molecule has 0 aliphatic heterocycles. The van der Waals surface area contributed by atoms with E-state index in [9.17, 15) is 29.4 Å². The van der Waals surface area contributed by atoms with Gasteiger partial charge in [-0.25, -0.2) is 0 Å². The molecule has 2 aromatic carbocycles. The molecule has 3 aliphatic carbocycles. The molecule has 5 atom stereocenters. The first-order chi connectivity index (χ1) is 19.4. The second-order valence-corrected chi connectivity index (χ2v) is 14.2. The first kappa shape index (κ1) is 30.1. The van der Waals surface area contributed by atoms with Crippen LogP contribution in [0, 0.1) is 35.5 Å². The van der Waals surface area contributed by atoms with Gasteiger partial charge < -0.3 is 10.2 Å². The van der Waals surface area contributed by atoms with Gasteiger partial charge in [0.25, 0.3) is 0 Å².